The van der Waals surface area contributed by atoms with Gasteiger partial charge in [-0.1, -0.05) is 19.8 Å². The third kappa shape index (κ3) is 5.17. The molecule has 0 radical (unpaired) electrons. The number of ether oxygens (including phenoxy) is 1. The molecular weight excluding hydrogens is 190 g/mol. The van der Waals surface area contributed by atoms with Gasteiger partial charge < -0.3 is 10.1 Å². The van der Waals surface area contributed by atoms with Crippen molar-refractivity contribution >= 4 is 5.97 Å². The fourth-order valence-electron chi connectivity index (χ4n) is 2.26. The first-order valence-electron chi connectivity index (χ1n) is 6.02. The minimum Gasteiger partial charge on any atom is -0.469 e. The van der Waals surface area contributed by atoms with Crippen molar-refractivity contribution in [1.82, 2.24) is 5.32 Å². The first-order chi connectivity index (χ1) is 7.22. The van der Waals surface area contributed by atoms with Crippen molar-refractivity contribution in [3.8, 4) is 0 Å². The van der Waals surface area contributed by atoms with E-state index in [-0.39, 0.29) is 5.97 Å². The maximum atomic E-state index is 10.9. The van der Waals surface area contributed by atoms with Gasteiger partial charge in [0.1, 0.15) is 0 Å². The lowest BCUT2D eigenvalue weighted by Crippen LogP contribution is -2.34. The smallest absolute Gasteiger partial charge is 0.305 e. The minimum atomic E-state index is -0.103. The Balaban J connectivity index is 2.02. The summed E-state index contributed by atoms with van der Waals surface area (Å²) >= 11 is 0. The summed E-state index contributed by atoms with van der Waals surface area (Å²) in [6.45, 7) is 3.26. The fourth-order valence-corrected chi connectivity index (χ4v) is 2.26. The average molecular weight is 213 g/mol. The Morgan fingerprint density at radius 3 is 2.93 bits per heavy atom. The standard InChI is InChI=1S/C12H23NO2/c1-10-5-3-6-11(9-10)13-8-4-7-12(14)15-2/h10-11,13H,3-9H2,1-2H3. The molecule has 0 spiro atoms. The Labute approximate surface area is 92.6 Å². The number of rotatable bonds is 5. The molecule has 88 valence electrons. The molecule has 0 bridgehead atoms. The van der Waals surface area contributed by atoms with Crippen molar-refractivity contribution in [2.45, 2.75) is 51.5 Å². The van der Waals surface area contributed by atoms with Gasteiger partial charge in [0, 0.05) is 12.5 Å². The van der Waals surface area contributed by atoms with Crippen LogP contribution in [0, 0.1) is 5.92 Å². The second kappa shape index (κ2) is 6.83. The predicted molar refractivity (Wildman–Crippen MR) is 60.7 cm³/mol. The molecule has 1 aliphatic rings. The van der Waals surface area contributed by atoms with Gasteiger partial charge in [-0.3, -0.25) is 4.79 Å². The Hall–Kier alpha value is -0.570. The molecule has 0 aromatic heterocycles. The molecule has 0 heterocycles. The first-order valence-corrected chi connectivity index (χ1v) is 6.02. The van der Waals surface area contributed by atoms with E-state index in [0.29, 0.717) is 12.5 Å². The molecule has 0 aliphatic heterocycles. The Morgan fingerprint density at radius 1 is 1.47 bits per heavy atom. The highest BCUT2D eigenvalue weighted by Gasteiger charge is 2.17. The quantitative estimate of drug-likeness (QED) is 0.561. The van der Waals surface area contributed by atoms with Crippen LogP contribution in [0.3, 0.4) is 0 Å². The summed E-state index contributed by atoms with van der Waals surface area (Å²) in [7, 11) is 1.44. The van der Waals surface area contributed by atoms with E-state index in [1.807, 2.05) is 0 Å². The van der Waals surface area contributed by atoms with Gasteiger partial charge in [-0.25, -0.2) is 0 Å². The number of hydrogen-bond acceptors (Lipinski definition) is 3. The van der Waals surface area contributed by atoms with Crippen molar-refractivity contribution < 1.29 is 9.53 Å². The van der Waals surface area contributed by atoms with Gasteiger partial charge in [-0.05, 0) is 31.7 Å². The van der Waals surface area contributed by atoms with E-state index in [0.717, 1.165) is 18.9 Å². The molecular formula is C12H23NO2. The van der Waals surface area contributed by atoms with E-state index in [1.165, 1.54) is 32.8 Å². The number of nitrogens with one attached hydrogen (secondary N) is 1. The molecule has 2 atom stereocenters. The lowest BCUT2D eigenvalue weighted by Gasteiger charge is -2.27. The summed E-state index contributed by atoms with van der Waals surface area (Å²) in [5, 5.41) is 3.52. The van der Waals surface area contributed by atoms with Crippen LogP contribution in [0.5, 0.6) is 0 Å². The maximum Gasteiger partial charge on any atom is 0.305 e. The molecule has 0 saturated heterocycles. The lowest BCUT2D eigenvalue weighted by molar-refractivity contribution is -0.140. The summed E-state index contributed by atoms with van der Waals surface area (Å²) < 4.78 is 4.59. The van der Waals surface area contributed by atoms with Crippen molar-refractivity contribution in [2.24, 2.45) is 5.92 Å². The molecule has 1 fully saturated rings. The summed E-state index contributed by atoms with van der Waals surface area (Å²) in [6, 6.07) is 0.673. The Bertz CT molecular complexity index is 194. The highest BCUT2D eigenvalue weighted by Crippen LogP contribution is 2.23. The molecule has 1 N–H and O–H groups in total. The predicted octanol–water partition coefficient (Wildman–Crippen LogP) is 2.11. The van der Waals surface area contributed by atoms with E-state index in [2.05, 4.69) is 17.0 Å². The third-order valence-corrected chi connectivity index (χ3v) is 3.15. The molecule has 3 nitrogen and oxygen atoms in total. The highest BCUT2D eigenvalue weighted by molar-refractivity contribution is 5.69. The second-order valence-corrected chi connectivity index (χ2v) is 4.60. The van der Waals surface area contributed by atoms with Crippen LogP contribution in [0.4, 0.5) is 0 Å². The highest BCUT2D eigenvalue weighted by atomic mass is 16.5. The van der Waals surface area contributed by atoms with Crippen molar-refractivity contribution in [1.29, 1.82) is 0 Å². The van der Waals surface area contributed by atoms with Gasteiger partial charge >= 0.3 is 5.97 Å². The van der Waals surface area contributed by atoms with Crippen molar-refractivity contribution in [2.75, 3.05) is 13.7 Å². The molecule has 2 unspecified atom stereocenters. The second-order valence-electron chi connectivity index (χ2n) is 4.60. The monoisotopic (exact) mass is 213 g/mol. The van der Waals surface area contributed by atoms with Gasteiger partial charge in [0.25, 0.3) is 0 Å². The Morgan fingerprint density at radius 2 is 2.27 bits per heavy atom. The topological polar surface area (TPSA) is 38.3 Å². The Kier molecular flexibility index (Phi) is 5.69. The van der Waals surface area contributed by atoms with E-state index in [9.17, 15) is 4.79 Å². The number of hydrogen-bond donors (Lipinski definition) is 1. The molecule has 0 aromatic carbocycles. The van der Waals surface area contributed by atoms with E-state index in [1.54, 1.807) is 0 Å². The lowest BCUT2D eigenvalue weighted by atomic mass is 9.87. The van der Waals surface area contributed by atoms with Crippen LogP contribution in [0.15, 0.2) is 0 Å². The van der Waals surface area contributed by atoms with Crippen LogP contribution in [0.1, 0.15) is 45.4 Å². The zero-order valence-corrected chi connectivity index (χ0v) is 9.92. The number of esters is 1. The van der Waals surface area contributed by atoms with Crippen molar-refractivity contribution in [3.05, 3.63) is 0 Å². The number of carbonyl (C=O) groups is 1. The van der Waals surface area contributed by atoms with Gasteiger partial charge in [-0.2, -0.15) is 0 Å². The fraction of sp³-hybridized carbons (Fsp3) is 0.917. The summed E-state index contributed by atoms with van der Waals surface area (Å²) in [6.07, 6.45) is 6.72. The number of carbonyl (C=O) groups excluding carboxylic acids is 1. The third-order valence-electron chi connectivity index (χ3n) is 3.15. The molecule has 1 aliphatic carbocycles. The first kappa shape index (κ1) is 12.5. The molecule has 1 saturated carbocycles. The summed E-state index contributed by atoms with van der Waals surface area (Å²) in [5.74, 6) is 0.755. The SMILES string of the molecule is COC(=O)CCCNC1CCCC(C)C1. The minimum absolute atomic E-state index is 0.103. The van der Waals surface area contributed by atoms with E-state index in [4.69, 9.17) is 0 Å². The van der Waals surface area contributed by atoms with Crippen LogP contribution in [-0.2, 0) is 9.53 Å². The molecule has 15 heavy (non-hydrogen) atoms. The van der Waals surface area contributed by atoms with Gasteiger partial charge in [0.15, 0.2) is 0 Å². The molecule has 0 aromatic rings. The summed E-state index contributed by atoms with van der Waals surface area (Å²) in [4.78, 5) is 10.9. The largest absolute Gasteiger partial charge is 0.469 e. The number of methoxy groups -OCH3 is 1. The van der Waals surface area contributed by atoms with Crippen LogP contribution in [0.25, 0.3) is 0 Å². The van der Waals surface area contributed by atoms with E-state index < -0.39 is 0 Å². The molecule has 1 rings (SSSR count). The van der Waals surface area contributed by atoms with Gasteiger partial charge in [0.05, 0.1) is 7.11 Å². The average Bonchev–Trinajstić information content (AvgIpc) is 2.24. The zero-order valence-electron chi connectivity index (χ0n) is 9.92. The maximum absolute atomic E-state index is 10.9. The van der Waals surface area contributed by atoms with Crippen LogP contribution >= 0.6 is 0 Å². The molecule has 3 heteroatoms. The zero-order chi connectivity index (χ0) is 11.1. The van der Waals surface area contributed by atoms with Crippen LogP contribution in [-0.4, -0.2) is 25.7 Å². The van der Waals surface area contributed by atoms with Gasteiger partial charge in [0.2, 0.25) is 0 Å². The van der Waals surface area contributed by atoms with Crippen molar-refractivity contribution in [3.63, 3.8) is 0 Å². The normalized spacial score (nSPS) is 26.3. The van der Waals surface area contributed by atoms with Crippen LogP contribution < -0.4 is 5.32 Å². The van der Waals surface area contributed by atoms with Gasteiger partial charge in [-0.15, -0.1) is 0 Å². The molecule has 0 amide bonds. The summed E-state index contributed by atoms with van der Waals surface area (Å²) in [5.41, 5.74) is 0. The van der Waals surface area contributed by atoms with E-state index >= 15 is 0 Å². The van der Waals surface area contributed by atoms with Crippen LogP contribution in [0.2, 0.25) is 0 Å².